The van der Waals surface area contributed by atoms with Gasteiger partial charge in [0.2, 0.25) is 0 Å². The summed E-state index contributed by atoms with van der Waals surface area (Å²) in [5.41, 5.74) is 4.57. The molecule has 1 N–H and O–H groups in total. The number of carbonyl (C=O) groups excluding carboxylic acids is 2. The highest BCUT2D eigenvalue weighted by atomic mass is 16.6. The number of amides is 1. The monoisotopic (exact) mass is 548 g/mol. The Bertz CT molecular complexity index is 1370. The minimum Gasteiger partial charge on any atom is -0.504 e. The van der Waals surface area contributed by atoms with E-state index in [2.05, 4.69) is 9.88 Å². The van der Waals surface area contributed by atoms with Crippen LogP contribution >= 0.6 is 0 Å². The molecule has 1 amide bonds. The van der Waals surface area contributed by atoms with Gasteiger partial charge in [-0.25, -0.2) is 14.3 Å². The van der Waals surface area contributed by atoms with Crippen LogP contribution in [0.5, 0.6) is 11.5 Å². The van der Waals surface area contributed by atoms with Gasteiger partial charge >= 0.3 is 6.09 Å². The zero-order valence-electron chi connectivity index (χ0n) is 24.5. The third-order valence-electron chi connectivity index (χ3n) is 7.34. The standard InChI is InChI=1S/C31H40N4O5/c1-8-33(9-2)29(37)22-12-10-21(11-13-22)28-24-17-26(36)27(39-7)16-23(24)14-15-34(28)18-25-20(3)35(19-32-25)30(38)40-31(4,5)6/h10-13,16-17,19,28,36H,8-9,14-15,18H2,1-7H3. The van der Waals surface area contributed by atoms with E-state index in [1.54, 1.807) is 18.1 Å². The molecule has 0 spiro atoms. The molecule has 0 bridgehead atoms. The highest BCUT2D eigenvalue weighted by Gasteiger charge is 2.32. The van der Waals surface area contributed by atoms with Gasteiger partial charge in [-0.05, 0) is 88.9 Å². The van der Waals surface area contributed by atoms with E-state index in [1.165, 1.54) is 10.9 Å². The molecule has 0 saturated carbocycles. The van der Waals surface area contributed by atoms with Crippen LogP contribution in [0.2, 0.25) is 0 Å². The number of aromatic hydroxyl groups is 1. The van der Waals surface area contributed by atoms with E-state index in [-0.39, 0.29) is 17.7 Å². The van der Waals surface area contributed by atoms with Gasteiger partial charge in [-0.1, -0.05) is 12.1 Å². The number of aromatic nitrogens is 2. The summed E-state index contributed by atoms with van der Waals surface area (Å²) >= 11 is 0. The van der Waals surface area contributed by atoms with Crippen molar-refractivity contribution in [2.75, 3.05) is 26.7 Å². The lowest BCUT2D eigenvalue weighted by atomic mass is 9.87. The summed E-state index contributed by atoms with van der Waals surface area (Å²) in [5.74, 6) is 0.521. The molecule has 214 valence electrons. The van der Waals surface area contributed by atoms with Crippen molar-refractivity contribution in [3.05, 3.63) is 76.4 Å². The number of phenols is 1. The van der Waals surface area contributed by atoms with Gasteiger partial charge in [0.15, 0.2) is 11.5 Å². The van der Waals surface area contributed by atoms with Gasteiger partial charge in [0.1, 0.15) is 11.9 Å². The summed E-state index contributed by atoms with van der Waals surface area (Å²) in [6.45, 7) is 13.8. The van der Waals surface area contributed by atoms with Crippen molar-refractivity contribution < 1.29 is 24.2 Å². The summed E-state index contributed by atoms with van der Waals surface area (Å²) in [6, 6.07) is 11.2. The summed E-state index contributed by atoms with van der Waals surface area (Å²) in [7, 11) is 1.55. The molecule has 2 aromatic carbocycles. The maximum atomic E-state index is 12.9. The number of benzene rings is 2. The van der Waals surface area contributed by atoms with Crippen molar-refractivity contribution in [3.63, 3.8) is 0 Å². The number of ether oxygens (including phenoxy) is 2. The molecule has 1 unspecified atom stereocenters. The van der Waals surface area contributed by atoms with E-state index in [4.69, 9.17) is 9.47 Å². The van der Waals surface area contributed by atoms with Crippen molar-refractivity contribution >= 4 is 12.0 Å². The van der Waals surface area contributed by atoms with E-state index in [9.17, 15) is 14.7 Å². The molecule has 0 radical (unpaired) electrons. The highest BCUT2D eigenvalue weighted by molar-refractivity contribution is 5.94. The maximum Gasteiger partial charge on any atom is 0.420 e. The van der Waals surface area contributed by atoms with Gasteiger partial charge in [0.25, 0.3) is 5.91 Å². The molecular formula is C31H40N4O5. The zero-order valence-corrected chi connectivity index (χ0v) is 24.5. The Hall–Kier alpha value is -3.85. The Kier molecular flexibility index (Phi) is 8.54. The average molecular weight is 549 g/mol. The Morgan fingerprint density at radius 2 is 1.80 bits per heavy atom. The molecule has 9 heteroatoms. The quantitative estimate of drug-likeness (QED) is 0.427. The van der Waals surface area contributed by atoms with E-state index in [0.717, 1.165) is 41.0 Å². The van der Waals surface area contributed by atoms with Gasteiger partial charge in [0.05, 0.1) is 24.5 Å². The molecule has 0 fully saturated rings. The van der Waals surface area contributed by atoms with Gasteiger partial charge in [-0.2, -0.15) is 0 Å². The van der Waals surface area contributed by atoms with Crippen LogP contribution in [0.25, 0.3) is 0 Å². The zero-order chi connectivity index (χ0) is 29.2. The van der Waals surface area contributed by atoms with Gasteiger partial charge in [-0.15, -0.1) is 0 Å². The number of rotatable bonds is 7. The first-order chi connectivity index (χ1) is 19.0. The minimum absolute atomic E-state index is 0.00291. The first-order valence-electron chi connectivity index (χ1n) is 13.8. The predicted molar refractivity (Wildman–Crippen MR) is 153 cm³/mol. The van der Waals surface area contributed by atoms with Crippen LogP contribution in [0.4, 0.5) is 4.79 Å². The number of nitrogens with zero attached hydrogens (tertiary/aromatic N) is 4. The summed E-state index contributed by atoms with van der Waals surface area (Å²) in [4.78, 5) is 34.3. The van der Waals surface area contributed by atoms with E-state index < -0.39 is 11.7 Å². The number of imidazole rings is 1. The Balaban J connectivity index is 1.70. The molecule has 4 rings (SSSR count). The van der Waals surface area contributed by atoms with Crippen LogP contribution < -0.4 is 4.74 Å². The molecule has 0 aliphatic carbocycles. The highest BCUT2D eigenvalue weighted by Crippen LogP contribution is 2.41. The Morgan fingerprint density at radius 3 is 2.40 bits per heavy atom. The van der Waals surface area contributed by atoms with Crippen molar-refractivity contribution in [3.8, 4) is 11.5 Å². The SMILES string of the molecule is CCN(CC)C(=O)c1ccc(C2c3cc(O)c(OC)cc3CCN2Cc2ncn(C(=O)OC(C)(C)C)c2C)cc1. The Morgan fingerprint density at radius 1 is 1.12 bits per heavy atom. The molecule has 1 aliphatic rings. The third kappa shape index (κ3) is 5.99. The van der Waals surface area contributed by atoms with Crippen molar-refractivity contribution in [2.45, 2.75) is 66.2 Å². The molecule has 9 nitrogen and oxygen atoms in total. The van der Waals surface area contributed by atoms with E-state index >= 15 is 0 Å². The van der Waals surface area contributed by atoms with Crippen molar-refractivity contribution in [2.24, 2.45) is 0 Å². The molecule has 1 aromatic heterocycles. The lowest BCUT2D eigenvalue weighted by molar-refractivity contribution is 0.0533. The average Bonchev–Trinajstić information content (AvgIpc) is 3.28. The van der Waals surface area contributed by atoms with Crippen molar-refractivity contribution in [1.82, 2.24) is 19.4 Å². The first kappa shape index (κ1) is 29.1. The van der Waals surface area contributed by atoms with E-state index in [0.29, 0.717) is 30.9 Å². The summed E-state index contributed by atoms with van der Waals surface area (Å²) < 4.78 is 12.4. The normalized spacial score (nSPS) is 15.4. The fraction of sp³-hybridized carbons (Fsp3) is 0.452. The van der Waals surface area contributed by atoms with Crippen LogP contribution in [0.3, 0.4) is 0 Å². The van der Waals surface area contributed by atoms with Crippen LogP contribution in [-0.4, -0.2) is 68.8 Å². The minimum atomic E-state index is -0.614. The van der Waals surface area contributed by atoms with Crippen LogP contribution in [0.1, 0.15) is 79.1 Å². The number of hydrogen-bond acceptors (Lipinski definition) is 7. The van der Waals surface area contributed by atoms with Gasteiger partial charge in [0, 0.05) is 31.7 Å². The number of methoxy groups -OCH3 is 1. The van der Waals surface area contributed by atoms with E-state index in [1.807, 2.05) is 71.9 Å². The molecule has 0 saturated heterocycles. The Labute approximate surface area is 236 Å². The van der Waals surface area contributed by atoms with Gasteiger partial charge in [-0.3, -0.25) is 9.69 Å². The lowest BCUT2D eigenvalue weighted by Crippen LogP contribution is -2.36. The maximum absolute atomic E-state index is 12.9. The second-order valence-electron chi connectivity index (χ2n) is 11.1. The van der Waals surface area contributed by atoms with Crippen molar-refractivity contribution in [1.29, 1.82) is 0 Å². The second-order valence-corrected chi connectivity index (χ2v) is 11.1. The number of hydrogen-bond donors (Lipinski definition) is 1. The summed E-state index contributed by atoms with van der Waals surface area (Å²) in [6.07, 6.45) is 1.80. The third-order valence-corrected chi connectivity index (χ3v) is 7.34. The van der Waals surface area contributed by atoms with Crippen LogP contribution in [-0.2, 0) is 17.7 Å². The predicted octanol–water partition coefficient (Wildman–Crippen LogP) is 5.32. The molecule has 2 heterocycles. The molecule has 40 heavy (non-hydrogen) atoms. The molecule has 1 aliphatic heterocycles. The van der Waals surface area contributed by atoms with Gasteiger partial charge < -0.3 is 19.5 Å². The molecule has 1 atom stereocenters. The number of phenolic OH excluding ortho intramolecular Hbond substituents is 1. The lowest BCUT2D eigenvalue weighted by Gasteiger charge is -2.38. The fourth-order valence-electron chi connectivity index (χ4n) is 5.20. The summed E-state index contributed by atoms with van der Waals surface area (Å²) in [5, 5.41) is 10.7. The molecule has 3 aromatic rings. The smallest absolute Gasteiger partial charge is 0.420 e. The second kappa shape index (κ2) is 11.7. The van der Waals surface area contributed by atoms with Crippen LogP contribution in [0, 0.1) is 6.92 Å². The number of carbonyl (C=O) groups is 2. The molecular weight excluding hydrogens is 508 g/mol. The first-order valence-corrected chi connectivity index (χ1v) is 13.8. The number of fused-ring (bicyclic) bond motifs is 1. The van der Waals surface area contributed by atoms with Crippen LogP contribution in [0.15, 0.2) is 42.7 Å². The topological polar surface area (TPSA) is 97.1 Å². The largest absolute Gasteiger partial charge is 0.504 e. The fourth-order valence-corrected chi connectivity index (χ4v) is 5.20.